The van der Waals surface area contributed by atoms with Crippen LogP contribution < -0.4 is 5.73 Å². The van der Waals surface area contributed by atoms with Crippen molar-refractivity contribution >= 4 is 0 Å². The van der Waals surface area contributed by atoms with E-state index in [-0.39, 0.29) is 6.17 Å². The monoisotopic (exact) mass is 210 g/mol. The molecule has 4 nitrogen and oxygen atoms in total. The Morgan fingerprint density at radius 1 is 1.40 bits per heavy atom. The lowest BCUT2D eigenvalue weighted by atomic mass is 9.95. The van der Waals surface area contributed by atoms with Gasteiger partial charge in [0, 0.05) is 0 Å². The maximum atomic E-state index is 6.05. The minimum atomic E-state index is -0.0192. The van der Waals surface area contributed by atoms with Gasteiger partial charge in [-0.2, -0.15) is 5.10 Å². The number of hydrogen-bond donors (Lipinski definition) is 1. The molecule has 0 fully saturated rings. The summed E-state index contributed by atoms with van der Waals surface area (Å²) in [4.78, 5) is 3.91. The first-order chi connectivity index (χ1) is 7.27. The highest BCUT2D eigenvalue weighted by molar-refractivity contribution is 4.68. The maximum absolute atomic E-state index is 6.05. The van der Waals surface area contributed by atoms with Crippen LogP contribution in [-0.2, 0) is 0 Å². The van der Waals surface area contributed by atoms with Gasteiger partial charge in [-0.1, -0.05) is 39.5 Å². The molecule has 0 aliphatic carbocycles. The summed E-state index contributed by atoms with van der Waals surface area (Å²) in [6.07, 6.45) is 9.23. The van der Waals surface area contributed by atoms with E-state index in [1.165, 1.54) is 32.0 Å². The lowest BCUT2D eigenvalue weighted by Crippen LogP contribution is -2.22. The fourth-order valence-electron chi connectivity index (χ4n) is 1.82. The van der Waals surface area contributed by atoms with Crippen LogP contribution >= 0.6 is 0 Å². The van der Waals surface area contributed by atoms with Gasteiger partial charge in [-0.05, 0) is 12.3 Å². The Labute approximate surface area is 91.9 Å². The molecule has 1 aromatic heterocycles. The predicted molar refractivity (Wildman–Crippen MR) is 61.2 cm³/mol. The van der Waals surface area contributed by atoms with Crippen molar-refractivity contribution < 1.29 is 0 Å². The molecular formula is C11H22N4. The van der Waals surface area contributed by atoms with Crippen molar-refractivity contribution in [3.8, 4) is 0 Å². The second kappa shape index (κ2) is 6.56. The zero-order valence-corrected chi connectivity index (χ0v) is 9.76. The average Bonchev–Trinajstić information content (AvgIpc) is 2.77. The quantitative estimate of drug-likeness (QED) is 0.751. The Morgan fingerprint density at radius 3 is 2.73 bits per heavy atom. The van der Waals surface area contributed by atoms with Gasteiger partial charge in [-0.3, -0.25) is 0 Å². The van der Waals surface area contributed by atoms with Crippen LogP contribution in [0, 0.1) is 5.92 Å². The number of unbranched alkanes of at least 4 members (excludes halogenated alkanes) is 1. The summed E-state index contributed by atoms with van der Waals surface area (Å²) in [7, 11) is 0. The Hall–Kier alpha value is -0.900. The maximum Gasteiger partial charge on any atom is 0.137 e. The minimum Gasteiger partial charge on any atom is -0.310 e. The van der Waals surface area contributed by atoms with Crippen molar-refractivity contribution in [3.05, 3.63) is 12.7 Å². The van der Waals surface area contributed by atoms with Crippen LogP contribution in [0.2, 0.25) is 0 Å². The van der Waals surface area contributed by atoms with Crippen molar-refractivity contribution in [3.63, 3.8) is 0 Å². The Bertz CT molecular complexity index is 245. The smallest absolute Gasteiger partial charge is 0.137 e. The molecule has 0 aliphatic rings. The van der Waals surface area contributed by atoms with Crippen LogP contribution in [0.4, 0.5) is 0 Å². The molecule has 0 saturated carbocycles. The average molecular weight is 210 g/mol. The van der Waals surface area contributed by atoms with Gasteiger partial charge in [0.25, 0.3) is 0 Å². The number of nitrogens with zero attached hydrogens (tertiary/aromatic N) is 3. The highest BCUT2D eigenvalue weighted by atomic mass is 15.4. The molecule has 1 rings (SSSR count). The fourth-order valence-corrected chi connectivity index (χ4v) is 1.82. The molecule has 2 atom stereocenters. The molecule has 0 aromatic carbocycles. The minimum absolute atomic E-state index is 0.0192. The Balaban J connectivity index is 2.37. The van der Waals surface area contributed by atoms with Gasteiger partial charge in [0.1, 0.15) is 18.8 Å². The molecule has 0 radical (unpaired) electrons. The summed E-state index contributed by atoms with van der Waals surface area (Å²) in [5.41, 5.74) is 6.05. The van der Waals surface area contributed by atoms with Crippen molar-refractivity contribution in [1.29, 1.82) is 0 Å². The molecule has 1 heterocycles. The van der Waals surface area contributed by atoms with Gasteiger partial charge in [0.15, 0.2) is 0 Å². The number of hydrogen-bond acceptors (Lipinski definition) is 3. The number of aromatic nitrogens is 3. The van der Waals surface area contributed by atoms with Gasteiger partial charge in [0.05, 0.1) is 0 Å². The highest BCUT2D eigenvalue weighted by Crippen LogP contribution is 2.20. The molecule has 4 heteroatoms. The zero-order chi connectivity index (χ0) is 11.1. The molecule has 15 heavy (non-hydrogen) atoms. The predicted octanol–water partition coefficient (Wildman–Crippen LogP) is 2.34. The third-order valence-electron chi connectivity index (χ3n) is 2.89. The van der Waals surface area contributed by atoms with Crippen molar-refractivity contribution in [1.82, 2.24) is 14.8 Å². The van der Waals surface area contributed by atoms with E-state index in [0.29, 0.717) is 5.92 Å². The van der Waals surface area contributed by atoms with Crippen molar-refractivity contribution in [2.45, 2.75) is 52.1 Å². The van der Waals surface area contributed by atoms with E-state index in [0.717, 1.165) is 6.42 Å². The standard InChI is InChI=1S/C11H22N4/c1-3-5-6-10(4-2)7-11(12)15-9-13-8-14-15/h8-11H,3-7,12H2,1-2H3/t10?,11-/m0/s1. The summed E-state index contributed by atoms with van der Waals surface area (Å²) in [5.74, 6) is 0.712. The summed E-state index contributed by atoms with van der Waals surface area (Å²) in [6, 6.07) is 0. The molecule has 1 unspecified atom stereocenters. The van der Waals surface area contributed by atoms with Gasteiger partial charge >= 0.3 is 0 Å². The second-order valence-corrected chi connectivity index (χ2v) is 4.10. The van der Waals surface area contributed by atoms with Crippen LogP contribution in [-0.4, -0.2) is 14.8 Å². The van der Waals surface area contributed by atoms with E-state index in [1.807, 2.05) is 0 Å². The van der Waals surface area contributed by atoms with E-state index >= 15 is 0 Å². The molecule has 0 spiro atoms. The van der Waals surface area contributed by atoms with Crippen LogP contribution in [0.3, 0.4) is 0 Å². The zero-order valence-electron chi connectivity index (χ0n) is 9.76. The normalized spacial score (nSPS) is 15.1. The molecule has 86 valence electrons. The molecule has 1 aromatic rings. The molecular weight excluding hydrogens is 188 g/mol. The van der Waals surface area contributed by atoms with E-state index in [1.54, 1.807) is 11.0 Å². The molecule has 0 bridgehead atoms. The van der Waals surface area contributed by atoms with Gasteiger partial charge in [-0.25, -0.2) is 9.67 Å². The summed E-state index contributed by atoms with van der Waals surface area (Å²) < 4.78 is 1.74. The molecule has 0 amide bonds. The van der Waals surface area contributed by atoms with Crippen LogP contribution in [0.15, 0.2) is 12.7 Å². The largest absolute Gasteiger partial charge is 0.310 e. The SMILES string of the molecule is CCCCC(CC)C[C@@H](N)n1cncn1. The van der Waals surface area contributed by atoms with E-state index in [9.17, 15) is 0 Å². The summed E-state index contributed by atoms with van der Waals surface area (Å²) in [6.45, 7) is 4.46. The summed E-state index contributed by atoms with van der Waals surface area (Å²) >= 11 is 0. The second-order valence-electron chi connectivity index (χ2n) is 4.10. The first-order valence-corrected chi connectivity index (χ1v) is 5.87. The van der Waals surface area contributed by atoms with Crippen LogP contribution in [0.1, 0.15) is 52.1 Å². The fraction of sp³-hybridized carbons (Fsp3) is 0.818. The number of nitrogens with two attached hydrogens (primary N) is 1. The van der Waals surface area contributed by atoms with E-state index in [2.05, 4.69) is 23.9 Å². The Kier molecular flexibility index (Phi) is 5.32. The third-order valence-corrected chi connectivity index (χ3v) is 2.89. The van der Waals surface area contributed by atoms with Gasteiger partial charge < -0.3 is 5.73 Å². The molecule has 2 N–H and O–H groups in total. The first-order valence-electron chi connectivity index (χ1n) is 5.87. The van der Waals surface area contributed by atoms with Crippen molar-refractivity contribution in [2.75, 3.05) is 0 Å². The van der Waals surface area contributed by atoms with Gasteiger partial charge in [0.2, 0.25) is 0 Å². The number of rotatable bonds is 7. The molecule has 0 saturated heterocycles. The topological polar surface area (TPSA) is 56.7 Å². The van der Waals surface area contributed by atoms with E-state index in [4.69, 9.17) is 5.73 Å². The van der Waals surface area contributed by atoms with E-state index < -0.39 is 0 Å². The first kappa shape index (κ1) is 12.2. The van der Waals surface area contributed by atoms with Gasteiger partial charge in [-0.15, -0.1) is 0 Å². The summed E-state index contributed by atoms with van der Waals surface area (Å²) in [5, 5.41) is 4.06. The van der Waals surface area contributed by atoms with Crippen LogP contribution in [0.25, 0.3) is 0 Å². The molecule has 0 aliphatic heterocycles. The van der Waals surface area contributed by atoms with Crippen LogP contribution in [0.5, 0.6) is 0 Å². The lowest BCUT2D eigenvalue weighted by Gasteiger charge is -2.19. The highest BCUT2D eigenvalue weighted by Gasteiger charge is 2.13. The Morgan fingerprint density at radius 2 is 2.20 bits per heavy atom. The third kappa shape index (κ3) is 4.00. The lowest BCUT2D eigenvalue weighted by molar-refractivity contribution is 0.322. The van der Waals surface area contributed by atoms with Crippen molar-refractivity contribution in [2.24, 2.45) is 11.7 Å².